The highest BCUT2D eigenvalue weighted by Crippen LogP contribution is 2.11. The molecule has 0 atom stereocenters. The Kier molecular flexibility index (Phi) is 2.65. The zero-order valence-electron chi connectivity index (χ0n) is 10.1. The molecule has 0 amide bonds. The van der Waals surface area contributed by atoms with Crippen molar-refractivity contribution in [3.8, 4) is 0 Å². The van der Waals surface area contributed by atoms with Crippen LogP contribution in [0.25, 0.3) is 11.0 Å². The number of nitrogens with zero attached hydrogens (tertiary/aromatic N) is 3. The molecule has 0 saturated carbocycles. The van der Waals surface area contributed by atoms with Gasteiger partial charge in [0.25, 0.3) is 0 Å². The second-order valence-electron chi connectivity index (χ2n) is 4.23. The van der Waals surface area contributed by atoms with Crippen LogP contribution in [0.2, 0.25) is 0 Å². The van der Waals surface area contributed by atoms with Gasteiger partial charge in [0.15, 0.2) is 5.65 Å². The van der Waals surface area contributed by atoms with E-state index in [0.717, 1.165) is 16.6 Å². The predicted octanol–water partition coefficient (Wildman–Crippen LogP) is 3.23. The first kappa shape index (κ1) is 10.7. The molecule has 0 fully saturated rings. The van der Waals surface area contributed by atoms with Gasteiger partial charge >= 0.3 is 0 Å². The first-order chi connectivity index (χ1) is 8.83. The van der Waals surface area contributed by atoms with Crippen molar-refractivity contribution in [1.82, 2.24) is 9.66 Å². The predicted molar refractivity (Wildman–Crippen MR) is 73.9 cm³/mol. The normalized spacial score (nSPS) is 11.4. The largest absolute Gasteiger partial charge is 0.237 e. The van der Waals surface area contributed by atoms with E-state index in [-0.39, 0.29) is 0 Å². The van der Waals surface area contributed by atoms with Crippen LogP contribution >= 0.6 is 0 Å². The van der Waals surface area contributed by atoms with Crippen LogP contribution in [0.3, 0.4) is 0 Å². The van der Waals surface area contributed by atoms with E-state index in [9.17, 15) is 0 Å². The topological polar surface area (TPSA) is 30.2 Å². The molecule has 3 nitrogen and oxygen atoms in total. The standard InChI is InChI=1S/C15H13N3/c1-12-4-6-13(7-5-12)11-17-18-10-8-14-3-2-9-16-15(14)18/h2-11H,1H3/b17-11-. The van der Waals surface area contributed by atoms with Crippen LogP contribution in [0.4, 0.5) is 0 Å². The molecule has 0 bridgehead atoms. The Morgan fingerprint density at radius 2 is 1.94 bits per heavy atom. The van der Waals surface area contributed by atoms with Crippen molar-refractivity contribution in [2.75, 3.05) is 0 Å². The maximum Gasteiger partial charge on any atom is 0.160 e. The molecule has 2 heterocycles. The summed E-state index contributed by atoms with van der Waals surface area (Å²) in [6.45, 7) is 2.07. The second kappa shape index (κ2) is 4.45. The Hall–Kier alpha value is -2.42. The molecule has 0 aliphatic heterocycles. The summed E-state index contributed by atoms with van der Waals surface area (Å²) in [4.78, 5) is 4.32. The number of pyridine rings is 1. The summed E-state index contributed by atoms with van der Waals surface area (Å²) in [6, 6.07) is 14.2. The average Bonchev–Trinajstić information content (AvgIpc) is 2.82. The minimum Gasteiger partial charge on any atom is -0.237 e. The van der Waals surface area contributed by atoms with Gasteiger partial charge in [0.2, 0.25) is 0 Å². The van der Waals surface area contributed by atoms with E-state index in [0.29, 0.717) is 0 Å². The van der Waals surface area contributed by atoms with E-state index in [2.05, 4.69) is 41.3 Å². The third-order valence-corrected chi connectivity index (χ3v) is 2.84. The highest BCUT2D eigenvalue weighted by atomic mass is 15.4. The van der Waals surface area contributed by atoms with Crippen LogP contribution in [-0.4, -0.2) is 15.9 Å². The van der Waals surface area contributed by atoms with Crippen LogP contribution in [0.5, 0.6) is 0 Å². The molecule has 3 heteroatoms. The van der Waals surface area contributed by atoms with E-state index in [1.54, 1.807) is 10.9 Å². The van der Waals surface area contributed by atoms with Crippen molar-refractivity contribution in [2.24, 2.45) is 5.10 Å². The summed E-state index contributed by atoms with van der Waals surface area (Å²) in [5, 5.41) is 5.52. The van der Waals surface area contributed by atoms with Gasteiger partial charge in [0.05, 0.1) is 6.21 Å². The fourth-order valence-corrected chi connectivity index (χ4v) is 1.83. The quantitative estimate of drug-likeness (QED) is 0.627. The van der Waals surface area contributed by atoms with Crippen LogP contribution in [0, 0.1) is 6.92 Å². The SMILES string of the molecule is Cc1ccc(/C=N\n2ccc3cccnc32)cc1. The van der Waals surface area contributed by atoms with E-state index in [4.69, 9.17) is 0 Å². The number of benzene rings is 1. The number of rotatable bonds is 2. The molecule has 18 heavy (non-hydrogen) atoms. The highest BCUT2D eigenvalue weighted by molar-refractivity contribution is 5.81. The first-order valence-corrected chi connectivity index (χ1v) is 5.86. The van der Waals surface area contributed by atoms with Gasteiger partial charge in [0, 0.05) is 17.8 Å². The average molecular weight is 235 g/mol. The van der Waals surface area contributed by atoms with Crippen LogP contribution in [-0.2, 0) is 0 Å². The maximum absolute atomic E-state index is 4.42. The fraction of sp³-hybridized carbons (Fsp3) is 0.0667. The molecule has 2 aromatic heterocycles. The summed E-state index contributed by atoms with van der Waals surface area (Å²) < 4.78 is 1.79. The van der Waals surface area contributed by atoms with Gasteiger partial charge in [-0.2, -0.15) is 5.10 Å². The molecule has 88 valence electrons. The number of fused-ring (bicyclic) bond motifs is 1. The molecule has 0 aliphatic carbocycles. The minimum atomic E-state index is 0.876. The Bertz CT molecular complexity index is 693. The summed E-state index contributed by atoms with van der Waals surface area (Å²) in [5.41, 5.74) is 3.21. The number of aryl methyl sites for hydroxylation is 1. The van der Waals surface area contributed by atoms with Gasteiger partial charge in [0.1, 0.15) is 0 Å². The lowest BCUT2D eigenvalue weighted by molar-refractivity contribution is 0.915. The smallest absolute Gasteiger partial charge is 0.160 e. The highest BCUT2D eigenvalue weighted by Gasteiger charge is 1.98. The van der Waals surface area contributed by atoms with Crippen LogP contribution < -0.4 is 0 Å². The molecule has 0 spiro atoms. The minimum absolute atomic E-state index is 0.876. The van der Waals surface area contributed by atoms with Crippen LogP contribution in [0.1, 0.15) is 11.1 Å². The summed E-state index contributed by atoms with van der Waals surface area (Å²) in [5.74, 6) is 0. The third-order valence-electron chi connectivity index (χ3n) is 2.84. The van der Waals surface area contributed by atoms with Crippen molar-refractivity contribution in [2.45, 2.75) is 6.92 Å². The molecular formula is C15H13N3. The summed E-state index contributed by atoms with van der Waals surface area (Å²) >= 11 is 0. The van der Waals surface area contributed by atoms with Crippen LogP contribution in [0.15, 0.2) is 60.0 Å². The molecular weight excluding hydrogens is 222 g/mol. The van der Waals surface area contributed by atoms with E-state index < -0.39 is 0 Å². The molecule has 3 aromatic rings. The van der Waals surface area contributed by atoms with E-state index >= 15 is 0 Å². The van der Waals surface area contributed by atoms with E-state index in [1.165, 1.54) is 5.56 Å². The molecule has 0 aliphatic rings. The second-order valence-corrected chi connectivity index (χ2v) is 4.23. The van der Waals surface area contributed by atoms with Gasteiger partial charge in [-0.3, -0.25) is 0 Å². The fourth-order valence-electron chi connectivity index (χ4n) is 1.83. The summed E-state index contributed by atoms with van der Waals surface area (Å²) in [6.07, 6.45) is 5.54. The third kappa shape index (κ3) is 2.02. The Morgan fingerprint density at radius 1 is 1.11 bits per heavy atom. The molecule has 3 rings (SSSR count). The Labute approximate surface area is 105 Å². The number of hydrogen-bond acceptors (Lipinski definition) is 2. The lowest BCUT2D eigenvalue weighted by Gasteiger charge is -1.97. The lowest BCUT2D eigenvalue weighted by Crippen LogP contribution is -1.90. The monoisotopic (exact) mass is 235 g/mol. The first-order valence-electron chi connectivity index (χ1n) is 5.86. The van der Waals surface area contributed by atoms with Gasteiger partial charge < -0.3 is 0 Å². The van der Waals surface area contributed by atoms with Crippen molar-refractivity contribution < 1.29 is 0 Å². The molecule has 1 aromatic carbocycles. The van der Waals surface area contributed by atoms with Crippen molar-refractivity contribution in [3.63, 3.8) is 0 Å². The summed E-state index contributed by atoms with van der Waals surface area (Å²) in [7, 11) is 0. The maximum atomic E-state index is 4.42. The zero-order chi connectivity index (χ0) is 12.4. The molecule has 0 radical (unpaired) electrons. The van der Waals surface area contributed by atoms with Crippen molar-refractivity contribution in [1.29, 1.82) is 0 Å². The van der Waals surface area contributed by atoms with Gasteiger partial charge in [-0.05, 0) is 30.7 Å². The number of hydrogen-bond donors (Lipinski definition) is 0. The molecule has 0 saturated heterocycles. The Balaban J connectivity index is 1.94. The molecule has 0 unspecified atom stereocenters. The number of aromatic nitrogens is 2. The van der Waals surface area contributed by atoms with Gasteiger partial charge in [-0.25, -0.2) is 9.66 Å². The lowest BCUT2D eigenvalue weighted by atomic mass is 10.2. The van der Waals surface area contributed by atoms with Gasteiger partial charge in [-0.15, -0.1) is 0 Å². The zero-order valence-corrected chi connectivity index (χ0v) is 10.1. The van der Waals surface area contributed by atoms with E-state index in [1.807, 2.05) is 30.6 Å². The van der Waals surface area contributed by atoms with Crippen molar-refractivity contribution in [3.05, 3.63) is 66.0 Å². The van der Waals surface area contributed by atoms with Crippen molar-refractivity contribution >= 4 is 17.2 Å². The molecule has 0 N–H and O–H groups in total. The Morgan fingerprint density at radius 3 is 2.78 bits per heavy atom. The van der Waals surface area contributed by atoms with Gasteiger partial charge in [-0.1, -0.05) is 29.8 Å².